The number of halogens is 1. The maximum atomic E-state index is 14.0. The van der Waals surface area contributed by atoms with Gasteiger partial charge in [-0.1, -0.05) is 6.07 Å². The van der Waals surface area contributed by atoms with Crippen LogP contribution in [0.1, 0.15) is 57.6 Å². The van der Waals surface area contributed by atoms with E-state index in [1.165, 1.54) is 6.07 Å². The van der Waals surface area contributed by atoms with Crippen LogP contribution in [0.15, 0.2) is 23.2 Å². The molecule has 1 aliphatic carbocycles. The lowest BCUT2D eigenvalue weighted by molar-refractivity contribution is 0.0490. The van der Waals surface area contributed by atoms with Gasteiger partial charge in [0.15, 0.2) is 5.96 Å². The SMILES string of the molecule is CN=C(NCc1ccc(F)c(CN(C)C)c1)NC1CCC(NC(=O)OC(C)(C)C)CC1. The Hall–Kier alpha value is -2.35. The fraction of sp³-hybridized carbons (Fsp3) is 0.652. The lowest BCUT2D eigenvalue weighted by atomic mass is 9.91. The second-order valence-corrected chi connectivity index (χ2v) is 9.43. The molecule has 0 saturated heterocycles. The number of nitrogens with one attached hydrogen (secondary N) is 3. The zero-order valence-electron chi connectivity index (χ0n) is 19.7. The molecule has 1 aromatic carbocycles. The summed E-state index contributed by atoms with van der Waals surface area (Å²) in [7, 11) is 5.59. The number of aliphatic imine (C=N–C) groups is 1. The molecule has 0 atom stereocenters. The smallest absolute Gasteiger partial charge is 0.407 e. The molecule has 0 unspecified atom stereocenters. The fourth-order valence-electron chi connectivity index (χ4n) is 3.63. The van der Waals surface area contributed by atoms with Crippen molar-refractivity contribution in [2.75, 3.05) is 21.1 Å². The van der Waals surface area contributed by atoms with Gasteiger partial charge in [0.1, 0.15) is 11.4 Å². The number of benzene rings is 1. The van der Waals surface area contributed by atoms with E-state index in [0.29, 0.717) is 24.7 Å². The van der Waals surface area contributed by atoms with E-state index in [1.54, 1.807) is 13.1 Å². The molecule has 0 spiro atoms. The lowest BCUT2D eigenvalue weighted by Crippen LogP contribution is -2.47. The Kier molecular flexibility index (Phi) is 9.10. The van der Waals surface area contributed by atoms with E-state index in [4.69, 9.17) is 4.74 Å². The van der Waals surface area contributed by atoms with Gasteiger partial charge in [-0.3, -0.25) is 4.99 Å². The third-order valence-electron chi connectivity index (χ3n) is 5.07. The minimum Gasteiger partial charge on any atom is -0.444 e. The summed E-state index contributed by atoms with van der Waals surface area (Å²) in [4.78, 5) is 18.2. The molecule has 31 heavy (non-hydrogen) atoms. The van der Waals surface area contributed by atoms with Crippen LogP contribution in [0.5, 0.6) is 0 Å². The van der Waals surface area contributed by atoms with Crippen LogP contribution in [-0.4, -0.2) is 55.8 Å². The van der Waals surface area contributed by atoms with Crippen molar-refractivity contribution >= 4 is 12.1 Å². The van der Waals surface area contributed by atoms with Crippen LogP contribution in [0, 0.1) is 5.82 Å². The molecule has 7 nitrogen and oxygen atoms in total. The van der Waals surface area contributed by atoms with E-state index in [-0.39, 0.29) is 18.0 Å². The van der Waals surface area contributed by atoms with Crippen molar-refractivity contribution in [3.8, 4) is 0 Å². The summed E-state index contributed by atoms with van der Waals surface area (Å²) in [5.41, 5.74) is 1.20. The predicted molar refractivity (Wildman–Crippen MR) is 123 cm³/mol. The summed E-state index contributed by atoms with van der Waals surface area (Å²) in [5.74, 6) is 0.541. The molecule has 2 rings (SSSR count). The van der Waals surface area contributed by atoms with Gasteiger partial charge >= 0.3 is 6.09 Å². The molecule has 3 N–H and O–H groups in total. The predicted octanol–water partition coefficient (Wildman–Crippen LogP) is 3.39. The minimum absolute atomic E-state index is 0.136. The molecule has 8 heteroatoms. The number of guanidine groups is 1. The maximum Gasteiger partial charge on any atom is 0.407 e. The molecule has 0 aliphatic heterocycles. The molecular formula is C23H38FN5O2. The van der Waals surface area contributed by atoms with Gasteiger partial charge in [-0.2, -0.15) is 0 Å². The van der Waals surface area contributed by atoms with Gasteiger partial charge in [0.05, 0.1) is 0 Å². The highest BCUT2D eigenvalue weighted by Crippen LogP contribution is 2.19. The van der Waals surface area contributed by atoms with E-state index >= 15 is 0 Å². The van der Waals surface area contributed by atoms with Gasteiger partial charge in [-0.05, 0) is 78.2 Å². The first kappa shape index (κ1) is 24.9. The highest BCUT2D eigenvalue weighted by molar-refractivity contribution is 5.80. The zero-order valence-corrected chi connectivity index (χ0v) is 19.7. The lowest BCUT2D eigenvalue weighted by Gasteiger charge is -2.31. The number of nitrogens with zero attached hydrogens (tertiary/aromatic N) is 2. The molecule has 1 fully saturated rings. The molecule has 0 bridgehead atoms. The molecule has 1 aliphatic rings. The zero-order chi connectivity index (χ0) is 23.0. The van der Waals surface area contributed by atoms with Crippen LogP contribution in [-0.2, 0) is 17.8 Å². The summed E-state index contributed by atoms with van der Waals surface area (Å²) in [6.07, 6.45) is 3.30. The van der Waals surface area contributed by atoms with E-state index in [9.17, 15) is 9.18 Å². The van der Waals surface area contributed by atoms with Crippen LogP contribution in [0.2, 0.25) is 0 Å². The molecule has 1 amide bonds. The summed E-state index contributed by atoms with van der Waals surface area (Å²) in [6.45, 7) is 6.71. The Bertz CT molecular complexity index is 753. The number of hydrogen-bond acceptors (Lipinski definition) is 4. The Labute approximate surface area is 185 Å². The fourth-order valence-corrected chi connectivity index (χ4v) is 3.63. The summed E-state index contributed by atoms with van der Waals surface area (Å²) < 4.78 is 19.3. The van der Waals surface area contributed by atoms with Crippen LogP contribution >= 0.6 is 0 Å². The van der Waals surface area contributed by atoms with Crippen LogP contribution < -0.4 is 16.0 Å². The van der Waals surface area contributed by atoms with Crippen molar-refractivity contribution in [3.63, 3.8) is 0 Å². The van der Waals surface area contributed by atoms with Crippen molar-refractivity contribution in [1.82, 2.24) is 20.9 Å². The molecule has 1 saturated carbocycles. The summed E-state index contributed by atoms with van der Waals surface area (Å²) in [5, 5.41) is 9.74. The van der Waals surface area contributed by atoms with Crippen molar-refractivity contribution in [3.05, 3.63) is 35.1 Å². The first-order valence-electron chi connectivity index (χ1n) is 10.9. The second-order valence-electron chi connectivity index (χ2n) is 9.43. The van der Waals surface area contributed by atoms with Gasteiger partial charge in [0.2, 0.25) is 0 Å². The molecule has 174 valence electrons. The van der Waals surface area contributed by atoms with Crippen LogP contribution in [0.25, 0.3) is 0 Å². The van der Waals surface area contributed by atoms with E-state index in [2.05, 4.69) is 20.9 Å². The Morgan fingerprint density at radius 1 is 1.16 bits per heavy atom. The average Bonchev–Trinajstić information content (AvgIpc) is 2.67. The van der Waals surface area contributed by atoms with Crippen LogP contribution in [0.4, 0.5) is 9.18 Å². The van der Waals surface area contributed by atoms with Crippen molar-refractivity contribution < 1.29 is 13.9 Å². The van der Waals surface area contributed by atoms with Gasteiger partial charge in [-0.25, -0.2) is 9.18 Å². The van der Waals surface area contributed by atoms with Crippen molar-refractivity contribution in [1.29, 1.82) is 0 Å². The number of rotatable bonds is 6. The molecule has 0 radical (unpaired) electrons. The summed E-state index contributed by atoms with van der Waals surface area (Å²) >= 11 is 0. The molecule has 0 heterocycles. The normalized spacial score (nSPS) is 19.8. The first-order chi connectivity index (χ1) is 14.6. The molecule has 0 aromatic heterocycles. The number of carbonyl (C=O) groups is 1. The third-order valence-corrected chi connectivity index (χ3v) is 5.07. The van der Waals surface area contributed by atoms with Gasteiger partial charge < -0.3 is 25.6 Å². The van der Waals surface area contributed by atoms with Gasteiger partial charge in [-0.15, -0.1) is 0 Å². The largest absolute Gasteiger partial charge is 0.444 e. The highest BCUT2D eigenvalue weighted by Gasteiger charge is 2.25. The molecule has 1 aromatic rings. The third kappa shape index (κ3) is 9.12. The van der Waals surface area contributed by atoms with E-state index in [0.717, 1.165) is 37.2 Å². The molecular weight excluding hydrogens is 397 g/mol. The standard InChI is InChI=1S/C23H38FN5O2/c1-23(2,3)31-22(30)28-19-10-8-18(9-11-19)27-21(25-4)26-14-16-7-12-20(24)17(13-16)15-29(5)6/h7,12-13,18-19H,8-11,14-15H2,1-6H3,(H,28,30)(H2,25,26,27). The summed E-state index contributed by atoms with van der Waals surface area (Å²) in [6, 6.07) is 5.63. The highest BCUT2D eigenvalue weighted by atomic mass is 19.1. The number of carbonyl (C=O) groups excluding carboxylic acids is 1. The van der Waals surface area contributed by atoms with Gasteiger partial charge in [0, 0.05) is 37.8 Å². The van der Waals surface area contributed by atoms with Crippen molar-refractivity contribution in [2.45, 2.75) is 77.2 Å². The minimum atomic E-state index is -0.487. The Balaban J connectivity index is 1.78. The van der Waals surface area contributed by atoms with E-state index in [1.807, 2.05) is 45.8 Å². The number of hydrogen-bond donors (Lipinski definition) is 3. The Morgan fingerprint density at radius 3 is 2.32 bits per heavy atom. The maximum absolute atomic E-state index is 14.0. The topological polar surface area (TPSA) is 78.0 Å². The first-order valence-corrected chi connectivity index (χ1v) is 10.9. The van der Waals surface area contributed by atoms with Gasteiger partial charge in [0.25, 0.3) is 0 Å². The number of alkyl carbamates (subject to hydrolysis) is 1. The van der Waals surface area contributed by atoms with Crippen molar-refractivity contribution in [2.24, 2.45) is 4.99 Å². The number of amides is 1. The van der Waals surface area contributed by atoms with E-state index < -0.39 is 5.60 Å². The van der Waals surface area contributed by atoms with Crippen LogP contribution in [0.3, 0.4) is 0 Å². The quantitative estimate of drug-likeness (QED) is 0.472. The average molecular weight is 436 g/mol. The number of ether oxygens (including phenoxy) is 1. The Morgan fingerprint density at radius 2 is 1.77 bits per heavy atom. The monoisotopic (exact) mass is 435 g/mol. The second kappa shape index (κ2) is 11.3.